The van der Waals surface area contributed by atoms with Crippen LogP contribution in [0.2, 0.25) is 0 Å². The van der Waals surface area contributed by atoms with E-state index in [1.165, 1.54) is 16.5 Å². The molecular weight excluding hydrogens is 210 g/mol. The summed E-state index contributed by atoms with van der Waals surface area (Å²) in [6.45, 7) is 8.60. The number of rotatable bonds is 5. The van der Waals surface area contributed by atoms with Crippen molar-refractivity contribution in [1.29, 1.82) is 0 Å². The SMILES string of the molecule is CCNCCc1coc2ccc(C(C)C)cc12. The first-order chi connectivity index (χ1) is 8.22. The zero-order chi connectivity index (χ0) is 12.3. The van der Waals surface area contributed by atoms with Crippen molar-refractivity contribution < 1.29 is 4.42 Å². The summed E-state index contributed by atoms with van der Waals surface area (Å²) in [5, 5.41) is 4.62. The van der Waals surface area contributed by atoms with E-state index >= 15 is 0 Å². The number of furan rings is 1. The molecule has 0 saturated heterocycles. The third-order valence-electron chi connectivity index (χ3n) is 3.17. The lowest BCUT2D eigenvalue weighted by atomic mass is 10.00. The van der Waals surface area contributed by atoms with E-state index in [4.69, 9.17) is 4.42 Å². The van der Waals surface area contributed by atoms with Gasteiger partial charge in [0.1, 0.15) is 5.58 Å². The van der Waals surface area contributed by atoms with Crippen LogP contribution in [0.25, 0.3) is 11.0 Å². The molecule has 0 spiro atoms. The maximum atomic E-state index is 5.59. The molecule has 1 aromatic carbocycles. The minimum Gasteiger partial charge on any atom is -0.464 e. The highest BCUT2D eigenvalue weighted by molar-refractivity contribution is 5.81. The van der Waals surface area contributed by atoms with Gasteiger partial charge in [-0.15, -0.1) is 0 Å². The van der Waals surface area contributed by atoms with Gasteiger partial charge in [0, 0.05) is 5.39 Å². The average molecular weight is 231 g/mol. The quantitative estimate of drug-likeness (QED) is 0.794. The zero-order valence-corrected chi connectivity index (χ0v) is 10.9. The monoisotopic (exact) mass is 231 g/mol. The maximum absolute atomic E-state index is 5.59. The van der Waals surface area contributed by atoms with Crippen molar-refractivity contribution in [2.24, 2.45) is 0 Å². The first-order valence-electron chi connectivity index (χ1n) is 6.43. The number of fused-ring (bicyclic) bond motifs is 1. The Labute approximate surface area is 103 Å². The van der Waals surface area contributed by atoms with Crippen molar-refractivity contribution in [3.8, 4) is 0 Å². The smallest absolute Gasteiger partial charge is 0.134 e. The normalized spacial score (nSPS) is 11.5. The van der Waals surface area contributed by atoms with E-state index in [1.54, 1.807) is 0 Å². The van der Waals surface area contributed by atoms with Gasteiger partial charge in [-0.25, -0.2) is 0 Å². The van der Waals surface area contributed by atoms with Crippen molar-refractivity contribution in [1.82, 2.24) is 5.32 Å². The summed E-state index contributed by atoms with van der Waals surface area (Å²) >= 11 is 0. The largest absolute Gasteiger partial charge is 0.464 e. The molecule has 2 rings (SSSR count). The van der Waals surface area contributed by atoms with Crippen LogP contribution in [-0.4, -0.2) is 13.1 Å². The fourth-order valence-electron chi connectivity index (χ4n) is 2.05. The van der Waals surface area contributed by atoms with E-state index in [9.17, 15) is 0 Å². The third kappa shape index (κ3) is 2.70. The Morgan fingerprint density at radius 3 is 2.82 bits per heavy atom. The molecule has 0 radical (unpaired) electrons. The van der Waals surface area contributed by atoms with E-state index < -0.39 is 0 Å². The van der Waals surface area contributed by atoms with Crippen LogP contribution < -0.4 is 5.32 Å². The zero-order valence-electron chi connectivity index (χ0n) is 10.9. The lowest BCUT2D eigenvalue weighted by Gasteiger charge is -2.05. The van der Waals surface area contributed by atoms with E-state index in [0.29, 0.717) is 5.92 Å². The molecule has 1 aromatic heterocycles. The first-order valence-corrected chi connectivity index (χ1v) is 6.43. The molecule has 0 atom stereocenters. The number of hydrogen-bond donors (Lipinski definition) is 1. The first kappa shape index (κ1) is 12.2. The molecule has 2 aromatic rings. The predicted molar refractivity (Wildman–Crippen MR) is 72.6 cm³/mol. The van der Waals surface area contributed by atoms with Gasteiger partial charge in [-0.1, -0.05) is 26.8 Å². The van der Waals surface area contributed by atoms with Crippen molar-refractivity contribution >= 4 is 11.0 Å². The summed E-state index contributed by atoms with van der Waals surface area (Å²) in [6, 6.07) is 6.51. The summed E-state index contributed by atoms with van der Waals surface area (Å²) in [7, 11) is 0. The van der Waals surface area contributed by atoms with Gasteiger partial charge < -0.3 is 9.73 Å². The van der Waals surface area contributed by atoms with Crippen molar-refractivity contribution in [3.05, 3.63) is 35.6 Å². The van der Waals surface area contributed by atoms with E-state index in [-0.39, 0.29) is 0 Å². The van der Waals surface area contributed by atoms with Crippen molar-refractivity contribution in [2.75, 3.05) is 13.1 Å². The van der Waals surface area contributed by atoms with Gasteiger partial charge >= 0.3 is 0 Å². The second-order valence-corrected chi connectivity index (χ2v) is 4.77. The van der Waals surface area contributed by atoms with E-state index in [0.717, 1.165) is 25.1 Å². The lowest BCUT2D eigenvalue weighted by Crippen LogP contribution is -2.15. The van der Waals surface area contributed by atoms with Gasteiger partial charge in [-0.05, 0) is 48.7 Å². The molecule has 2 nitrogen and oxygen atoms in total. The fraction of sp³-hybridized carbons (Fsp3) is 0.467. The molecule has 2 heteroatoms. The van der Waals surface area contributed by atoms with E-state index in [1.807, 2.05) is 6.26 Å². The summed E-state index contributed by atoms with van der Waals surface area (Å²) < 4.78 is 5.59. The Kier molecular flexibility index (Phi) is 3.85. The molecule has 0 aliphatic heterocycles. The van der Waals surface area contributed by atoms with Crippen LogP contribution in [0.5, 0.6) is 0 Å². The second kappa shape index (κ2) is 5.37. The average Bonchev–Trinajstić information content (AvgIpc) is 2.72. The van der Waals surface area contributed by atoms with Crippen LogP contribution in [0.4, 0.5) is 0 Å². The molecule has 1 N–H and O–H groups in total. The van der Waals surface area contributed by atoms with Crippen LogP contribution in [0.3, 0.4) is 0 Å². The van der Waals surface area contributed by atoms with Crippen molar-refractivity contribution in [3.63, 3.8) is 0 Å². The van der Waals surface area contributed by atoms with Crippen LogP contribution in [0.15, 0.2) is 28.9 Å². The summed E-state index contributed by atoms with van der Waals surface area (Å²) in [5.41, 5.74) is 3.69. The van der Waals surface area contributed by atoms with Gasteiger partial charge in [-0.2, -0.15) is 0 Å². The molecule has 0 unspecified atom stereocenters. The van der Waals surface area contributed by atoms with Crippen LogP contribution in [0.1, 0.15) is 37.8 Å². The fourth-order valence-corrected chi connectivity index (χ4v) is 2.05. The Morgan fingerprint density at radius 1 is 1.29 bits per heavy atom. The number of nitrogens with one attached hydrogen (secondary N) is 1. The molecule has 0 aliphatic rings. The number of benzene rings is 1. The van der Waals surface area contributed by atoms with Gasteiger partial charge in [0.05, 0.1) is 6.26 Å². The molecule has 0 aliphatic carbocycles. The third-order valence-corrected chi connectivity index (χ3v) is 3.17. The van der Waals surface area contributed by atoms with E-state index in [2.05, 4.69) is 44.3 Å². The molecule has 1 heterocycles. The maximum Gasteiger partial charge on any atom is 0.134 e. The molecule has 0 fully saturated rings. The summed E-state index contributed by atoms with van der Waals surface area (Å²) in [5.74, 6) is 0.566. The highest BCUT2D eigenvalue weighted by Crippen LogP contribution is 2.25. The number of hydrogen-bond acceptors (Lipinski definition) is 2. The number of likely N-dealkylation sites (N-methyl/N-ethyl adjacent to an activating group) is 1. The van der Waals surface area contributed by atoms with Crippen LogP contribution in [0, 0.1) is 0 Å². The second-order valence-electron chi connectivity index (χ2n) is 4.77. The molecule has 0 amide bonds. The lowest BCUT2D eigenvalue weighted by molar-refractivity contribution is 0.607. The Morgan fingerprint density at radius 2 is 2.12 bits per heavy atom. The standard InChI is InChI=1S/C15H21NO/c1-4-16-8-7-13-10-17-15-6-5-12(11(2)3)9-14(13)15/h5-6,9-11,16H,4,7-8H2,1-3H3. The minimum absolute atomic E-state index is 0.566. The Hall–Kier alpha value is -1.28. The predicted octanol–water partition coefficient (Wildman–Crippen LogP) is 3.71. The Bertz CT molecular complexity index is 485. The summed E-state index contributed by atoms with van der Waals surface area (Å²) in [4.78, 5) is 0. The summed E-state index contributed by atoms with van der Waals surface area (Å²) in [6.07, 6.45) is 2.93. The van der Waals surface area contributed by atoms with Gasteiger partial charge in [0.15, 0.2) is 0 Å². The highest BCUT2D eigenvalue weighted by atomic mass is 16.3. The molecule has 17 heavy (non-hydrogen) atoms. The molecule has 92 valence electrons. The van der Waals surface area contributed by atoms with Gasteiger partial charge in [0.2, 0.25) is 0 Å². The highest BCUT2D eigenvalue weighted by Gasteiger charge is 2.07. The van der Waals surface area contributed by atoms with Gasteiger partial charge in [-0.3, -0.25) is 0 Å². The topological polar surface area (TPSA) is 25.2 Å². The molecular formula is C15H21NO. The van der Waals surface area contributed by atoms with Gasteiger partial charge in [0.25, 0.3) is 0 Å². The Balaban J connectivity index is 2.26. The minimum atomic E-state index is 0.566. The van der Waals surface area contributed by atoms with Crippen LogP contribution in [-0.2, 0) is 6.42 Å². The molecule has 0 saturated carbocycles. The van der Waals surface area contributed by atoms with Crippen molar-refractivity contribution in [2.45, 2.75) is 33.1 Å². The van der Waals surface area contributed by atoms with Crippen LogP contribution >= 0.6 is 0 Å². The molecule has 0 bridgehead atoms.